The summed E-state index contributed by atoms with van der Waals surface area (Å²) in [5.41, 5.74) is 2.03. The van der Waals surface area contributed by atoms with E-state index >= 15 is 0 Å². The highest BCUT2D eigenvalue weighted by atomic mass is 16.4. The number of carboxylic acid groups (broad SMARTS) is 1. The number of aryl methyl sites for hydroxylation is 1. The lowest BCUT2D eigenvalue weighted by molar-refractivity contribution is -0.137. The number of para-hydroxylation sites is 1. The number of benzene rings is 1. The molecular weight excluding hydrogens is 308 g/mol. The van der Waals surface area contributed by atoms with Crippen LogP contribution in [0.5, 0.6) is 0 Å². The first-order valence-electron chi connectivity index (χ1n) is 7.93. The summed E-state index contributed by atoms with van der Waals surface area (Å²) in [6, 6.07) is 7.88. The second kappa shape index (κ2) is 7.72. The quantitative estimate of drug-likeness (QED) is 0.759. The standard InChI is InChI=1S/C17H22N4O3/c1-11(2)13-7-4-5-8-14(13)21-12(3)19-16(20-21)17(24)18-10-6-9-15(22)23/h4-5,7-8,11H,6,9-10H2,1-3H3,(H,18,24)(H,22,23). The molecule has 1 aromatic carbocycles. The van der Waals surface area contributed by atoms with Crippen LogP contribution >= 0.6 is 0 Å². The van der Waals surface area contributed by atoms with Crippen molar-refractivity contribution in [1.82, 2.24) is 20.1 Å². The zero-order valence-electron chi connectivity index (χ0n) is 14.1. The summed E-state index contributed by atoms with van der Waals surface area (Å²) < 4.78 is 1.67. The number of amides is 1. The van der Waals surface area contributed by atoms with Crippen molar-refractivity contribution in [3.63, 3.8) is 0 Å². The van der Waals surface area contributed by atoms with E-state index in [1.165, 1.54) is 0 Å². The van der Waals surface area contributed by atoms with Gasteiger partial charge in [0.1, 0.15) is 5.82 Å². The number of rotatable bonds is 7. The third-order valence-electron chi connectivity index (χ3n) is 3.61. The molecular formula is C17H22N4O3. The Kier molecular flexibility index (Phi) is 5.68. The predicted molar refractivity (Wildman–Crippen MR) is 89.4 cm³/mol. The van der Waals surface area contributed by atoms with Crippen molar-refractivity contribution in [2.45, 2.75) is 39.5 Å². The topological polar surface area (TPSA) is 97.1 Å². The molecule has 0 aliphatic rings. The maximum Gasteiger partial charge on any atom is 0.303 e. The largest absolute Gasteiger partial charge is 0.481 e. The van der Waals surface area contributed by atoms with Gasteiger partial charge in [-0.25, -0.2) is 9.67 Å². The first-order chi connectivity index (χ1) is 11.4. The van der Waals surface area contributed by atoms with Crippen LogP contribution in [-0.4, -0.2) is 38.3 Å². The van der Waals surface area contributed by atoms with Gasteiger partial charge in [0, 0.05) is 13.0 Å². The zero-order valence-corrected chi connectivity index (χ0v) is 14.1. The van der Waals surface area contributed by atoms with Gasteiger partial charge in [-0.15, -0.1) is 5.10 Å². The average Bonchev–Trinajstić information content (AvgIpc) is 2.93. The Morgan fingerprint density at radius 1 is 1.29 bits per heavy atom. The van der Waals surface area contributed by atoms with Crippen LogP contribution in [0.25, 0.3) is 5.69 Å². The first kappa shape index (κ1) is 17.7. The molecule has 0 radical (unpaired) electrons. The van der Waals surface area contributed by atoms with Gasteiger partial charge < -0.3 is 10.4 Å². The molecule has 0 atom stereocenters. The Balaban J connectivity index is 2.16. The molecule has 2 N–H and O–H groups in total. The smallest absolute Gasteiger partial charge is 0.303 e. The van der Waals surface area contributed by atoms with E-state index < -0.39 is 11.9 Å². The van der Waals surface area contributed by atoms with Crippen molar-refractivity contribution in [2.24, 2.45) is 0 Å². The number of hydrogen-bond acceptors (Lipinski definition) is 4. The van der Waals surface area contributed by atoms with Gasteiger partial charge in [0.15, 0.2) is 0 Å². The second-order valence-electron chi connectivity index (χ2n) is 5.86. The minimum atomic E-state index is -0.882. The van der Waals surface area contributed by atoms with Crippen LogP contribution in [0.15, 0.2) is 24.3 Å². The third kappa shape index (κ3) is 4.18. The first-order valence-corrected chi connectivity index (χ1v) is 7.93. The minimum absolute atomic E-state index is 0.0168. The van der Waals surface area contributed by atoms with Crippen molar-refractivity contribution < 1.29 is 14.7 Å². The maximum atomic E-state index is 12.1. The molecule has 0 unspecified atom stereocenters. The van der Waals surface area contributed by atoms with Crippen LogP contribution in [0, 0.1) is 6.92 Å². The molecule has 0 bridgehead atoms. The van der Waals surface area contributed by atoms with E-state index in [1.54, 1.807) is 11.6 Å². The molecule has 2 rings (SSSR count). The van der Waals surface area contributed by atoms with Crippen LogP contribution < -0.4 is 5.32 Å². The monoisotopic (exact) mass is 330 g/mol. The maximum absolute atomic E-state index is 12.1. The van der Waals surface area contributed by atoms with Crippen LogP contribution in [-0.2, 0) is 4.79 Å². The number of carbonyl (C=O) groups excluding carboxylic acids is 1. The molecule has 7 nitrogen and oxygen atoms in total. The Bertz CT molecular complexity index is 737. The van der Waals surface area contributed by atoms with E-state index in [-0.39, 0.29) is 18.8 Å². The zero-order chi connectivity index (χ0) is 17.7. The molecule has 1 amide bonds. The van der Waals surface area contributed by atoms with Gasteiger partial charge >= 0.3 is 5.97 Å². The highest BCUT2D eigenvalue weighted by Crippen LogP contribution is 2.23. The van der Waals surface area contributed by atoms with Gasteiger partial charge in [0.2, 0.25) is 5.82 Å². The molecule has 2 aromatic rings. The van der Waals surface area contributed by atoms with Crippen molar-refractivity contribution in [1.29, 1.82) is 0 Å². The number of carboxylic acids is 1. The van der Waals surface area contributed by atoms with Gasteiger partial charge in [-0.3, -0.25) is 9.59 Å². The molecule has 1 aromatic heterocycles. The summed E-state index contributed by atoms with van der Waals surface area (Å²) in [5.74, 6) is -0.254. The van der Waals surface area contributed by atoms with Gasteiger partial charge in [-0.2, -0.15) is 0 Å². The summed E-state index contributed by atoms with van der Waals surface area (Å²) in [6.07, 6.45) is 0.389. The number of nitrogens with one attached hydrogen (secondary N) is 1. The van der Waals surface area contributed by atoms with Crippen LogP contribution in [0.3, 0.4) is 0 Å². The van der Waals surface area contributed by atoms with Crippen molar-refractivity contribution in [2.75, 3.05) is 6.54 Å². The van der Waals surface area contributed by atoms with Crippen LogP contribution in [0.2, 0.25) is 0 Å². The molecule has 1 heterocycles. The van der Waals surface area contributed by atoms with E-state index in [0.29, 0.717) is 18.2 Å². The Morgan fingerprint density at radius 2 is 2.00 bits per heavy atom. The van der Waals surface area contributed by atoms with E-state index in [0.717, 1.165) is 11.3 Å². The molecule has 0 fully saturated rings. The van der Waals surface area contributed by atoms with Gasteiger partial charge in [-0.05, 0) is 30.9 Å². The number of nitrogens with zero attached hydrogens (tertiary/aromatic N) is 3. The van der Waals surface area contributed by atoms with Crippen LogP contribution in [0.4, 0.5) is 0 Å². The normalized spacial score (nSPS) is 10.8. The molecule has 24 heavy (non-hydrogen) atoms. The van der Waals surface area contributed by atoms with Gasteiger partial charge in [0.25, 0.3) is 5.91 Å². The lowest BCUT2D eigenvalue weighted by Crippen LogP contribution is -2.26. The van der Waals surface area contributed by atoms with E-state index in [4.69, 9.17) is 5.11 Å². The summed E-state index contributed by atoms with van der Waals surface area (Å²) >= 11 is 0. The van der Waals surface area contributed by atoms with Crippen molar-refractivity contribution in [3.8, 4) is 5.69 Å². The van der Waals surface area contributed by atoms with E-state index in [9.17, 15) is 9.59 Å². The molecule has 0 saturated heterocycles. The molecule has 7 heteroatoms. The fourth-order valence-corrected chi connectivity index (χ4v) is 2.40. The predicted octanol–water partition coefficient (Wildman–Crippen LogP) is 2.29. The number of aliphatic carboxylic acids is 1. The third-order valence-corrected chi connectivity index (χ3v) is 3.61. The average molecular weight is 330 g/mol. The highest BCUT2D eigenvalue weighted by molar-refractivity contribution is 5.90. The second-order valence-corrected chi connectivity index (χ2v) is 5.86. The summed E-state index contributed by atoms with van der Waals surface area (Å²) in [7, 11) is 0. The molecule has 128 valence electrons. The van der Waals surface area contributed by atoms with Gasteiger partial charge in [-0.1, -0.05) is 32.0 Å². The fourth-order valence-electron chi connectivity index (χ4n) is 2.40. The summed E-state index contributed by atoms with van der Waals surface area (Å²) in [5, 5.41) is 15.5. The molecule has 0 aliphatic carbocycles. The number of carbonyl (C=O) groups is 2. The van der Waals surface area contributed by atoms with E-state index in [2.05, 4.69) is 29.2 Å². The number of hydrogen-bond donors (Lipinski definition) is 2. The van der Waals surface area contributed by atoms with Crippen LogP contribution in [0.1, 0.15) is 54.6 Å². The lowest BCUT2D eigenvalue weighted by atomic mass is 10.0. The Hall–Kier alpha value is -2.70. The minimum Gasteiger partial charge on any atom is -0.481 e. The summed E-state index contributed by atoms with van der Waals surface area (Å²) in [4.78, 5) is 26.8. The van der Waals surface area contributed by atoms with E-state index in [1.807, 2.05) is 24.3 Å². The Labute approximate surface area is 140 Å². The Morgan fingerprint density at radius 3 is 2.67 bits per heavy atom. The van der Waals surface area contributed by atoms with Crippen molar-refractivity contribution >= 4 is 11.9 Å². The fraction of sp³-hybridized carbons (Fsp3) is 0.412. The lowest BCUT2D eigenvalue weighted by Gasteiger charge is -2.12. The van der Waals surface area contributed by atoms with Crippen molar-refractivity contribution in [3.05, 3.63) is 41.5 Å². The molecule has 0 spiro atoms. The summed E-state index contributed by atoms with van der Waals surface area (Å²) in [6.45, 7) is 6.27. The highest BCUT2D eigenvalue weighted by Gasteiger charge is 2.17. The van der Waals surface area contributed by atoms with Gasteiger partial charge in [0.05, 0.1) is 5.69 Å². The number of aromatic nitrogens is 3. The molecule has 0 saturated carbocycles. The molecule has 0 aliphatic heterocycles. The SMILES string of the molecule is Cc1nc(C(=O)NCCCC(=O)O)nn1-c1ccccc1C(C)C.